The molecule has 3 heterocycles. The lowest BCUT2D eigenvalue weighted by Crippen LogP contribution is -2.43. The van der Waals surface area contributed by atoms with Crippen LogP contribution in [0.2, 0.25) is 18.7 Å². The lowest BCUT2D eigenvalue weighted by molar-refractivity contribution is 0.250. The van der Waals surface area contributed by atoms with Crippen molar-refractivity contribution in [1.29, 1.82) is 0 Å². The molecule has 0 amide bonds. The highest BCUT2D eigenvalue weighted by atomic mass is 35.5. The minimum atomic E-state index is -3.66. The van der Waals surface area contributed by atoms with E-state index in [0.29, 0.717) is 10.9 Å². The van der Waals surface area contributed by atoms with E-state index in [2.05, 4.69) is 21.2 Å². The minimum absolute atomic E-state index is 0.0347. The van der Waals surface area contributed by atoms with E-state index in [-0.39, 0.29) is 17.0 Å². The number of aromatic nitrogens is 1. The van der Waals surface area contributed by atoms with Crippen LogP contribution in [0, 0.1) is 5.92 Å². The third-order valence-electron chi connectivity index (χ3n) is 6.91. The summed E-state index contributed by atoms with van der Waals surface area (Å²) in [5, 5.41) is 19.2. The minimum Gasteiger partial charge on any atom is -0.437 e. The summed E-state index contributed by atoms with van der Waals surface area (Å²) < 4.78 is 25.3. The smallest absolute Gasteiger partial charge is 0.376 e. The molecule has 2 N–H and O–H groups in total. The van der Waals surface area contributed by atoms with Crippen molar-refractivity contribution in [2.24, 2.45) is 5.92 Å². The van der Waals surface area contributed by atoms with Crippen molar-refractivity contribution < 1.29 is 18.5 Å². The number of pyridine rings is 1. The number of rotatable bonds is 6. The van der Waals surface area contributed by atoms with Gasteiger partial charge in [0, 0.05) is 11.2 Å². The predicted octanol–water partition coefficient (Wildman–Crippen LogP) is 3.68. The summed E-state index contributed by atoms with van der Waals surface area (Å²) >= 11 is 5.90. The highest BCUT2D eigenvalue weighted by Gasteiger charge is 2.25. The first-order valence-corrected chi connectivity index (χ1v) is 14.4. The molecular formula is C25H36B2ClN3O4S. The summed E-state index contributed by atoms with van der Waals surface area (Å²) in [7, 11) is -4.34. The Morgan fingerprint density at radius 1 is 1.03 bits per heavy atom. The van der Waals surface area contributed by atoms with Gasteiger partial charge in [-0.3, -0.25) is 0 Å². The van der Waals surface area contributed by atoms with Gasteiger partial charge in [-0.25, -0.2) is 13.4 Å². The van der Waals surface area contributed by atoms with Gasteiger partial charge in [0.25, 0.3) is 0 Å². The average molecular weight is 532 g/mol. The molecule has 1 aromatic carbocycles. The summed E-state index contributed by atoms with van der Waals surface area (Å²) in [5.74, 6) is 0.530. The van der Waals surface area contributed by atoms with Crippen LogP contribution in [0.25, 0.3) is 0 Å². The van der Waals surface area contributed by atoms with Gasteiger partial charge in [0.05, 0.1) is 4.90 Å². The van der Waals surface area contributed by atoms with E-state index in [1.807, 2.05) is 12.9 Å². The maximum absolute atomic E-state index is 12.6. The summed E-state index contributed by atoms with van der Waals surface area (Å²) in [4.78, 5) is 8.46. The fraction of sp³-hybridized carbons (Fsp3) is 0.480. The number of sulfone groups is 1. The summed E-state index contributed by atoms with van der Waals surface area (Å²) in [6.07, 6.45) is 6.66. The lowest BCUT2D eigenvalue weighted by Gasteiger charge is -2.32. The SMILES string of the molecule is C=C1CCN(B(C)O)CC1.CB(O)N1CCC(Cc2ccc(S(=O)(=O)c3cccc(Cl)c3)nc2)CC1. The number of nitrogens with zero attached hydrogens (tertiary/aromatic N) is 3. The summed E-state index contributed by atoms with van der Waals surface area (Å²) in [6, 6.07) is 9.61. The number of piperidine rings is 2. The number of hydrogen-bond donors (Lipinski definition) is 2. The highest BCUT2D eigenvalue weighted by Crippen LogP contribution is 2.25. The van der Waals surface area contributed by atoms with Gasteiger partial charge < -0.3 is 19.7 Å². The molecule has 0 atom stereocenters. The van der Waals surface area contributed by atoms with Crippen LogP contribution in [-0.4, -0.2) is 73.4 Å². The molecule has 0 spiro atoms. The van der Waals surface area contributed by atoms with Gasteiger partial charge in [0.2, 0.25) is 9.84 Å². The second-order valence-electron chi connectivity index (χ2n) is 9.70. The van der Waals surface area contributed by atoms with Crippen LogP contribution in [0.15, 0.2) is 64.7 Å². The zero-order valence-electron chi connectivity index (χ0n) is 21.2. The molecule has 2 aromatic rings. The Bertz CT molecular complexity index is 1100. The first kappa shape index (κ1) is 28.9. The van der Waals surface area contributed by atoms with Gasteiger partial charge in [-0.15, -0.1) is 0 Å². The molecule has 194 valence electrons. The topological polar surface area (TPSA) is 94.0 Å². The molecule has 7 nitrogen and oxygen atoms in total. The van der Waals surface area contributed by atoms with Crippen LogP contribution in [-0.2, 0) is 16.3 Å². The molecule has 0 saturated carbocycles. The molecule has 4 rings (SSSR count). The van der Waals surface area contributed by atoms with Crippen molar-refractivity contribution in [3.63, 3.8) is 0 Å². The third-order valence-corrected chi connectivity index (χ3v) is 8.82. The highest BCUT2D eigenvalue weighted by molar-refractivity contribution is 7.91. The second kappa shape index (κ2) is 13.2. The van der Waals surface area contributed by atoms with Crippen molar-refractivity contribution in [2.45, 2.75) is 55.7 Å². The number of hydrogen-bond acceptors (Lipinski definition) is 7. The van der Waals surface area contributed by atoms with Gasteiger partial charge in [0.1, 0.15) is 0 Å². The Balaban J connectivity index is 0.000000303. The Kier molecular flexibility index (Phi) is 10.6. The van der Waals surface area contributed by atoms with E-state index in [1.54, 1.807) is 31.2 Å². The van der Waals surface area contributed by atoms with E-state index in [0.717, 1.165) is 63.8 Å². The maximum Gasteiger partial charge on any atom is 0.376 e. The maximum atomic E-state index is 12.6. The molecule has 0 radical (unpaired) electrons. The van der Waals surface area contributed by atoms with Crippen LogP contribution < -0.4 is 0 Å². The van der Waals surface area contributed by atoms with Crippen LogP contribution in [0.3, 0.4) is 0 Å². The first-order valence-electron chi connectivity index (χ1n) is 12.5. The van der Waals surface area contributed by atoms with Crippen molar-refractivity contribution in [3.8, 4) is 0 Å². The van der Waals surface area contributed by atoms with Gasteiger partial charge >= 0.3 is 14.1 Å². The molecule has 2 aliphatic rings. The lowest BCUT2D eigenvalue weighted by atomic mass is 9.80. The Labute approximate surface area is 221 Å². The second-order valence-corrected chi connectivity index (χ2v) is 12.0. The Hall–Kier alpha value is -1.68. The van der Waals surface area contributed by atoms with Crippen molar-refractivity contribution >= 4 is 35.5 Å². The van der Waals surface area contributed by atoms with Crippen LogP contribution in [0.4, 0.5) is 0 Å². The summed E-state index contributed by atoms with van der Waals surface area (Å²) in [6.45, 7) is 11.2. The largest absolute Gasteiger partial charge is 0.437 e. The molecular weight excluding hydrogens is 495 g/mol. The molecule has 2 aliphatic heterocycles. The van der Waals surface area contributed by atoms with Gasteiger partial charge in [-0.1, -0.05) is 35.9 Å². The Morgan fingerprint density at radius 2 is 1.64 bits per heavy atom. The predicted molar refractivity (Wildman–Crippen MR) is 147 cm³/mol. The normalized spacial score (nSPS) is 17.9. The molecule has 1 aromatic heterocycles. The zero-order chi connectivity index (χ0) is 26.3. The molecule has 11 heteroatoms. The molecule has 0 unspecified atom stereocenters. The molecule has 2 saturated heterocycles. The van der Waals surface area contributed by atoms with Gasteiger partial charge in [-0.2, -0.15) is 0 Å². The fourth-order valence-electron chi connectivity index (χ4n) is 4.52. The summed E-state index contributed by atoms with van der Waals surface area (Å²) in [5.41, 5.74) is 2.35. The third kappa shape index (κ3) is 8.16. The zero-order valence-corrected chi connectivity index (χ0v) is 22.8. The molecule has 36 heavy (non-hydrogen) atoms. The molecule has 2 fully saturated rings. The molecule has 0 aliphatic carbocycles. The number of halogens is 1. The average Bonchev–Trinajstić information content (AvgIpc) is 2.85. The van der Waals surface area contributed by atoms with E-state index >= 15 is 0 Å². The van der Waals surface area contributed by atoms with Crippen molar-refractivity contribution in [3.05, 3.63) is 65.3 Å². The quantitative estimate of drug-likeness (QED) is 0.434. The first-order chi connectivity index (χ1) is 17.1. The van der Waals surface area contributed by atoms with Crippen LogP contribution >= 0.6 is 11.6 Å². The van der Waals surface area contributed by atoms with Crippen LogP contribution in [0.1, 0.15) is 31.2 Å². The Morgan fingerprint density at radius 3 is 2.17 bits per heavy atom. The van der Waals surface area contributed by atoms with E-state index in [1.165, 1.54) is 17.7 Å². The monoisotopic (exact) mass is 531 g/mol. The van der Waals surface area contributed by atoms with E-state index < -0.39 is 16.9 Å². The van der Waals surface area contributed by atoms with Crippen molar-refractivity contribution in [2.75, 3.05) is 26.2 Å². The van der Waals surface area contributed by atoms with Crippen LogP contribution in [0.5, 0.6) is 0 Å². The van der Waals surface area contributed by atoms with E-state index in [4.69, 9.17) is 16.6 Å². The molecule has 0 bridgehead atoms. The van der Waals surface area contributed by atoms with E-state index in [9.17, 15) is 13.4 Å². The number of benzene rings is 1. The van der Waals surface area contributed by atoms with Gasteiger partial charge in [0.15, 0.2) is 5.03 Å². The fourth-order valence-corrected chi connectivity index (χ4v) is 6.00. The standard InChI is InChI=1S/C18H22BClN2O3S.C7H14BNO/c1-19(23)22-9-7-14(8-10-22)11-15-5-6-18(21-13-15)26(24,25)17-4-2-3-16(20)12-17;1-7-3-5-9(6-4-7)8(2)10/h2-6,12-14,23H,7-11H2,1H3;10H,1,3-6H2,2H3. The van der Waals surface area contributed by atoms with Gasteiger partial charge in [-0.05, 0) is 108 Å². The van der Waals surface area contributed by atoms with Crippen molar-refractivity contribution in [1.82, 2.24) is 14.6 Å².